The van der Waals surface area contributed by atoms with Crippen LogP contribution in [0.5, 0.6) is 0 Å². The molecule has 0 bridgehead atoms. The molecule has 3 rings (SSSR count). The largest absolute Gasteiger partial charge is 0.368 e. The van der Waals surface area contributed by atoms with Crippen LogP contribution in [0.25, 0.3) is 0 Å². The molecule has 0 unspecified atom stereocenters. The van der Waals surface area contributed by atoms with Gasteiger partial charge in [-0.25, -0.2) is 13.4 Å². The van der Waals surface area contributed by atoms with E-state index in [0.29, 0.717) is 18.1 Å². The van der Waals surface area contributed by atoms with Crippen LogP contribution < -0.4 is 9.62 Å². The number of anilines is 2. The minimum atomic E-state index is -3.65. The number of pyridine rings is 1. The van der Waals surface area contributed by atoms with Crippen LogP contribution in [0, 0.1) is 0 Å². The van der Waals surface area contributed by atoms with Gasteiger partial charge in [-0.15, -0.1) is 0 Å². The van der Waals surface area contributed by atoms with Crippen molar-refractivity contribution in [1.29, 1.82) is 0 Å². The van der Waals surface area contributed by atoms with Crippen molar-refractivity contribution in [3.05, 3.63) is 48.7 Å². The smallest absolute Gasteiger partial charge is 0.265 e. The third-order valence-corrected chi connectivity index (χ3v) is 7.87. The highest BCUT2D eigenvalue weighted by atomic mass is 32.2. The summed E-state index contributed by atoms with van der Waals surface area (Å²) in [6.07, 6.45) is 7.58. The van der Waals surface area contributed by atoms with Gasteiger partial charge in [0.25, 0.3) is 10.0 Å². The highest BCUT2D eigenvalue weighted by molar-refractivity contribution is 7.92. The van der Waals surface area contributed by atoms with E-state index in [-0.39, 0.29) is 10.4 Å². The van der Waals surface area contributed by atoms with Crippen molar-refractivity contribution in [3.8, 4) is 0 Å². The lowest BCUT2D eigenvalue weighted by Gasteiger charge is -2.43. The molecule has 0 spiro atoms. The predicted molar refractivity (Wildman–Crippen MR) is 119 cm³/mol. The van der Waals surface area contributed by atoms with Gasteiger partial charge in [-0.05, 0) is 58.1 Å². The number of likely N-dealkylation sites (N-methyl/N-ethyl adjacent to an activating group) is 1. The Morgan fingerprint density at radius 2 is 1.72 bits per heavy atom. The molecule has 1 aliphatic carbocycles. The Kier molecular flexibility index (Phi) is 6.80. The second kappa shape index (κ2) is 9.13. The molecule has 1 aromatic heterocycles. The van der Waals surface area contributed by atoms with Crippen LogP contribution in [0.1, 0.15) is 39.0 Å². The summed E-state index contributed by atoms with van der Waals surface area (Å²) in [6.45, 7) is 3.00. The molecule has 0 aliphatic heterocycles. The first-order valence-corrected chi connectivity index (χ1v) is 11.8. The van der Waals surface area contributed by atoms with Crippen molar-refractivity contribution in [2.45, 2.75) is 49.5 Å². The molecule has 0 saturated heterocycles. The van der Waals surface area contributed by atoms with E-state index in [9.17, 15) is 8.42 Å². The first-order valence-electron chi connectivity index (χ1n) is 10.3. The van der Waals surface area contributed by atoms with Crippen LogP contribution >= 0.6 is 0 Å². The number of para-hydroxylation sites is 1. The summed E-state index contributed by atoms with van der Waals surface area (Å²) in [4.78, 5) is 6.91. The maximum Gasteiger partial charge on any atom is 0.265 e. The molecule has 0 amide bonds. The molecule has 1 aliphatic rings. The van der Waals surface area contributed by atoms with Crippen molar-refractivity contribution in [3.63, 3.8) is 0 Å². The highest BCUT2D eigenvalue weighted by Gasteiger charge is 2.34. The Balaban J connectivity index is 1.74. The Labute approximate surface area is 175 Å². The first kappa shape index (κ1) is 21.6. The van der Waals surface area contributed by atoms with Crippen LogP contribution in [-0.4, -0.2) is 51.0 Å². The van der Waals surface area contributed by atoms with Crippen molar-refractivity contribution in [1.82, 2.24) is 9.88 Å². The van der Waals surface area contributed by atoms with Gasteiger partial charge in [0.2, 0.25) is 0 Å². The molecule has 7 heteroatoms. The average molecular weight is 417 g/mol. The Bertz CT molecular complexity index is 877. The van der Waals surface area contributed by atoms with E-state index in [1.807, 2.05) is 25.1 Å². The molecule has 1 saturated carbocycles. The van der Waals surface area contributed by atoms with Crippen LogP contribution in [0.2, 0.25) is 0 Å². The molecule has 2 aromatic rings. The maximum absolute atomic E-state index is 13.1. The van der Waals surface area contributed by atoms with E-state index in [2.05, 4.69) is 29.3 Å². The predicted octanol–water partition coefficient (Wildman–Crippen LogP) is 3.97. The van der Waals surface area contributed by atoms with Crippen LogP contribution in [-0.2, 0) is 10.0 Å². The van der Waals surface area contributed by atoms with Gasteiger partial charge < -0.3 is 10.2 Å². The number of sulfonamides is 1. The Hall–Kier alpha value is -2.12. The van der Waals surface area contributed by atoms with Gasteiger partial charge in [0.05, 0.1) is 5.69 Å². The zero-order valence-electron chi connectivity index (χ0n) is 17.6. The molecule has 1 heterocycles. The molecule has 1 fully saturated rings. The number of aromatic nitrogens is 1. The summed E-state index contributed by atoms with van der Waals surface area (Å²) >= 11 is 0. The molecule has 6 nitrogen and oxygen atoms in total. The van der Waals surface area contributed by atoms with Gasteiger partial charge in [0, 0.05) is 24.8 Å². The first-order chi connectivity index (χ1) is 13.9. The third-order valence-electron chi connectivity index (χ3n) is 5.99. The SMILES string of the molecule is CCN(c1ccccc1)S(=O)(=O)c1ccc(NCC2(N(C)C)CCCCC2)nc1. The molecule has 0 atom stereocenters. The topological polar surface area (TPSA) is 65.5 Å². The summed E-state index contributed by atoms with van der Waals surface area (Å²) in [5.74, 6) is 0.707. The second-order valence-electron chi connectivity index (χ2n) is 7.92. The van der Waals surface area contributed by atoms with Gasteiger partial charge in [-0.2, -0.15) is 0 Å². The third kappa shape index (κ3) is 4.73. The summed E-state index contributed by atoms with van der Waals surface area (Å²) < 4.78 is 27.6. The van der Waals surface area contributed by atoms with Crippen molar-refractivity contribution < 1.29 is 8.42 Å². The van der Waals surface area contributed by atoms with Gasteiger partial charge in [0.1, 0.15) is 10.7 Å². The Morgan fingerprint density at radius 1 is 1.03 bits per heavy atom. The number of rotatable bonds is 8. The van der Waals surface area contributed by atoms with Gasteiger partial charge in [-0.1, -0.05) is 37.5 Å². The van der Waals surface area contributed by atoms with E-state index >= 15 is 0 Å². The summed E-state index contributed by atoms with van der Waals surface area (Å²) in [7, 11) is 0.629. The lowest BCUT2D eigenvalue weighted by Crippen LogP contribution is -2.51. The molecule has 1 N–H and O–H groups in total. The molecular formula is C22H32N4O2S. The average Bonchev–Trinajstić information content (AvgIpc) is 2.74. The highest BCUT2D eigenvalue weighted by Crippen LogP contribution is 2.32. The second-order valence-corrected chi connectivity index (χ2v) is 9.78. The molecule has 29 heavy (non-hydrogen) atoms. The summed E-state index contributed by atoms with van der Waals surface area (Å²) in [5, 5.41) is 3.43. The monoisotopic (exact) mass is 416 g/mol. The van der Waals surface area contributed by atoms with E-state index in [4.69, 9.17) is 0 Å². The zero-order valence-corrected chi connectivity index (χ0v) is 18.5. The van der Waals surface area contributed by atoms with Gasteiger partial charge in [-0.3, -0.25) is 4.31 Å². The molecular weight excluding hydrogens is 384 g/mol. The van der Waals surface area contributed by atoms with Crippen molar-refractivity contribution in [2.24, 2.45) is 0 Å². The van der Waals surface area contributed by atoms with Crippen molar-refractivity contribution in [2.75, 3.05) is 36.8 Å². The number of nitrogens with one attached hydrogen (secondary N) is 1. The number of hydrogen-bond acceptors (Lipinski definition) is 5. The van der Waals surface area contributed by atoms with E-state index in [0.717, 1.165) is 6.54 Å². The number of hydrogen-bond donors (Lipinski definition) is 1. The normalized spacial score (nSPS) is 16.6. The number of nitrogens with zero attached hydrogens (tertiary/aromatic N) is 3. The minimum absolute atomic E-state index is 0.136. The fourth-order valence-corrected chi connectivity index (χ4v) is 5.52. The molecule has 158 valence electrons. The zero-order chi connectivity index (χ0) is 20.9. The van der Waals surface area contributed by atoms with Gasteiger partial charge >= 0.3 is 0 Å². The van der Waals surface area contributed by atoms with Crippen LogP contribution in [0.15, 0.2) is 53.6 Å². The quantitative estimate of drug-likeness (QED) is 0.705. The van der Waals surface area contributed by atoms with Crippen molar-refractivity contribution >= 4 is 21.5 Å². The Morgan fingerprint density at radius 3 is 2.28 bits per heavy atom. The standard InChI is InChI=1S/C22H32N4O2S/c1-4-26(19-11-7-5-8-12-19)29(27,28)20-13-14-21(23-17-20)24-18-22(25(2)3)15-9-6-10-16-22/h5,7-8,11-14,17H,4,6,9-10,15-16,18H2,1-3H3,(H,23,24). The van der Waals surface area contributed by atoms with Crippen LogP contribution in [0.3, 0.4) is 0 Å². The molecule has 0 radical (unpaired) electrons. The fourth-order valence-electron chi connectivity index (χ4n) is 4.10. The minimum Gasteiger partial charge on any atom is -0.368 e. The summed E-state index contributed by atoms with van der Waals surface area (Å²) in [6, 6.07) is 12.6. The van der Waals surface area contributed by atoms with E-state index < -0.39 is 10.0 Å². The van der Waals surface area contributed by atoms with Crippen LogP contribution in [0.4, 0.5) is 11.5 Å². The fraction of sp³-hybridized carbons (Fsp3) is 0.500. The summed E-state index contributed by atoms with van der Waals surface area (Å²) in [5.41, 5.74) is 0.791. The number of benzene rings is 1. The lowest BCUT2D eigenvalue weighted by atomic mass is 9.80. The lowest BCUT2D eigenvalue weighted by molar-refractivity contribution is 0.113. The van der Waals surface area contributed by atoms with E-state index in [1.54, 1.807) is 24.3 Å². The molecule has 1 aromatic carbocycles. The van der Waals surface area contributed by atoms with E-state index in [1.165, 1.54) is 42.6 Å². The van der Waals surface area contributed by atoms with Gasteiger partial charge in [0.15, 0.2) is 0 Å². The maximum atomic E-state index is 13.1.